The molecule has 1 aromatic carbocycles. The van der Waals surface area contributed by atoms with Gasteiger partial charge in [-0.1, -0.05) is 11.6 Å². The van der Waals surface area contributed by atoms with Gasteiger partial charge in [0.2, 0.25) is 5.91 Å². The molecule has 0 saturated carbocycles. The molecule has 0 radical (unpaired) electrons. The van der Waals surface area contributed by atoms with Gasteiger partial charge in [-0.2, -0.15) is 0 Å². The number of hydrogen-bond donors (Lipinski definition) is 1. The van der Waals surface area contributed by atoms with Gasteiger partial charge in [0.25, 0.3) is 5.91 Å². The number of aromatic nitrogens is 1. The Bertz CT molecular complexity index is 704. The lowest BCUT2D eigenvalue weighted by molar-refractivity contribution is -0.133. The monoisotopic (exact) mass is 345 g/mol. The highest BCUT2D eigenvalue weighted by Crippen LogP contribution is 2.18. The van der Waals surface area contributed by atoms with Gasteiger partial charge >= 0.3 is 0 Å². The molecule has 2 atom stereocenters. The summed E-state index contributed by atoms with van der Waals surface area (Å²) in [6, 6.07) is 9.51. The van der Waals surface area contributed by atoms with Gasteiger partial charge in [0.15, 0.2) is 0 Å². The molecule has 0 aliphatic rings. The molecule has 1 aromatic heterocycles. The molecule has 0 spiro atoms. The Kier molecular flexibility index (Phi) is 5.93. The number of rotatable bonds is 5. The number of halogens is 1. The highest BCUT2D eigenvalue weighted by Gasteiger charge is 2.24. The summed E-state index contributed by atoms with van der Waals surface area (Å²) in [5.41, 5.74) is 1.45. The molecule has 2 rings (SSSR count). The standard InChI is InChI=1S/C18H20ClN3O2/c1-12(21-17(23)15-4-6-16(19)7-5-15)18(24)22(3)13(2)14-8-10-20-11-9-14/h4-13H,1-3H3,(H,21,23)/t12-,13+/m0/s1. The van der Waals surface area contributed by atoms with Crippen LogP contribution in [0.5, 0.6) is 0 Å². The van der Waals surface area contributed by atoms with Crippen LogP contribution in [0.3, 0.4) is 0 Å². The molecule has 1 N–H and O–H groups in total. The Balaban J connectivity index is 2.00. The molecule has 0 unspecified atom stereocenters. The third-order valence-corrected chi connectivity index (χ3v) is 4.19. The van der Waals surface area contributed by atoms with Crippen LogP contribution < -0.4 is 5.32 Å². The van der Waals surface area contributed by atoms with Gasteiger partial charge in [0, 0.05) is 30.0 Å². The lowest BCUT2D eigenvalue weighted by atomic mass is 10.1. The molecular weight excluding hydrogens is 326 g/mol. The normalized spacial score (nSPS) is 13.0. The molecule has 0 fully saturated rings. The number of pyridine rings is 1. The first-order chi connectivity index (χ1) is 11.4. The topological polar surface area (TPSA) is 62.3 Å². The van der Waals surface area contributed by atoms with Crippen LogP contribution in [0.2, 0.25) is 5.02 Å². The van der Waals surface area contributed by atoms with E-state index in [-0.39, 0.29) is 17.9 Å². The number of carbonyl (C=O) groups is 2. The number of hydrogen-bond acceptors (Lipinski definition) is 3. The van der Waals surface area contributed by atoms with Crippen LogP contribution in [0.1, 0.15) is 35.8 Å². The van der Waals surface area contributed by atoms with E-state index in [2.05, 4.69) is 10.3 Å². The lowest BCUT2D eigenvalue weighted by Crippen LogP contribution is -2.46. The van der Waals surface area contributed by atoms with E-state index in [1.165, 1.54) is 0 Å². The zero-order chi connectivity index (χ0) is 17.7. The highest BCUT2D eigenvalue weighted by atomic mass is 35.5. The molecule has 2 aromatic rings. The van der Waals surface area contributed by atoms with Crippen LogP contribution in [-0.4, -0.2) is 34.8 Å². The fraction of sp³-hybridized carbons (Fsp3) is 0.278. The SMILES string of the molecule is C[C@H](NC(=O)c1ccc(Cl)cc1)C(=O)N(C)[C@H](C)c1ccncc1. The first-order valence-corrected chi connectivity index (χ1v) is 8.01. The molecule has 0 aliphatic heterocycles. The van der Waals surface area contributed by atoms with Crippen LogP contribution in [0, 0.1) is 0 Å². The molecule has 24 heavy (non-hydrogen) atoms. The smallest absolute Gasteiger partial charge is 0.251 e. The van der Waals surface area contributed by atoms with Gasteiger partial charge in [0.05, 0.1) is 6.04 Å². The summed E-state index contributed by atoms with van der Waals surface area (Å²) in [6.45, 7) is 3.60. The zero-order valence-electron chi connectivity index (χ0n) is 13.9. The quantitative estimate of drug-likeness (QED) is 0.905. The molecule has 0 bridgehead atoms. The van der Waals surface area contributed by atoms with E-state index in [0.29, 0.717) is 10.6 Å². The second-order valence-electron chi connectivity index (χ2n) is 5.61. The second-order valence-corrected chi connectivity index (χ2v) is 6.04. The van der Waals surface area contributed by atoms with E-state index in [1.807, 2.05) is 19.1 Å². The van der Waals surface area contributed by atoms with E-state index in [4.69, 9.17) is 11.6 Å². The summed E-state index contributed by atoms with van der Waals surface area (Å²) in [7, 11) is 1.72. The van der Waals surface area contributed by atoms with Gasteiger partial charge in [-0.15, -0.1) is 0 Å². The minimum Gasteiger partial charge on any atom is -0.341 e. The third kappa shape index (κ3) is 4.32. The van der Waals surface area contributed by atoms with Crippen molar-refractivity contribution in [3.63, 3.8) is 0 Å². The Morgan fingerprint density at radius 3 is 2.25 bits per heavy atom. The van der Waals surface area contributed by atoms with Gasteiger partial charge in [-0.25, -0.2) is 0 Å². The maximum atomic E-state index is 12.6. The number of nitrogens with zero attached hydrogens (tertiary/aromatic N) is 2. The average Bonchev–Trinajstić information content (AvgIpc) is 2.61. The van der Waals surface area contributed by atoms with Crippen LogP contribution >= 0.6 is 11.6 Å². The van der Waals surface area contributed by atoms with Crippen molar-refractivity contribution in [2.24, 2.45) is 0 Å². The van der Waals surface area contributed by atoms with Gasteiger partial charge in [-0.05, 0) is 55.8 Å². The fourth-order valence-corrected chi connectivity index (χ4v) is 2.43. The largest absolute Gasteiger partial charge is 0.341 e. The predicted molar refractivity (Wildman–Crippen MR) is 93.8 cm³/mol. The minimum atomic E-state index is -0.637. The molecule has 0 aliphatic carbocycles. The Hall–Kier alpha value is -2.40. The van der Waals surface area contributed by atoms with E-state index >= 15 is 0 Å². The van der Waals surface area contributed by atoms with Crippen LogP contribution in [0.4, 0.5) is 0 Å². The van der Waals surface area contributed by atoms with Crippen molar-refractivity contribution in [3.8, 4) is 0 Å². The molecule has 1 heterocycles. The molecule has 6 heteroatoms. The zero-order valence-corrected chi connectivity index (χ0v) is 14.6. The summed E-state index contributed by atoms with van der Waals surface area (Å²) >= 11 is 5.81. The first kappa shape index (κ1) is 17.9. The lowest BCUT2D eigenvalue weighted by Gasteiger charge is -2.28. The van der Waals surface area contributed by atoms with Crippen molar-refractivity contribution in [1.82, 2.24) is 15.2 Å². The molecular formula is C18H20ClN3O2. The van der Waals surface area contributed by atoms with E-state index in [9.17, 15) is 9.59 Å². The Morgan fingerprint density at radius 1 is 1.08 bits per heavy atom. The van der Waals surface area contributed by atoms with Gasteiger partial charge in [-0.3, -0.25) is 14.6 Å². The van der Waals surface area contributed by atoms with Gasteiger partial charge < -0.3 is 10.2 Å². The minimum absolute atomic E-state index is 0.115. The van der Waals surface area contributed by atoms with Crippen molar-refractivity contribution in [2.45, 2.75) is 25.9 Å². The van der Waals surface area contributed by atoms with Gasteiger partial charge in [0.1, 0.15) is 6.04 Å². The number of likely N-dealkylation sites (N-methyl/N-ethyl adjacent to an activating group) is 1. The van der Waals surface area contributed by atoms with Crippen LogP contribution in [0.15, 0.2) is 48.8 Å². The van der Waals surface area contributed by atoms with Crippen LogP contribution in [-0.2, 0) is 4.79 Å². The second kappa shape index (κ2) is 7.93. The summed E-state index contributed by atoms with van der Waals surface area (Å²) in [6.07, 6.45) is 3.38. The molecule has 126 valence electrons. The summed E-state index contributed by atoms with van der Waals surface area (Å²) in [4.78, 5) is 30.3. The van der Waals surface area contributed by atoms with Crippen LogP contribution in [0.25, 0.3) is 0 Å². The highest BCUT2D eigenvalue weighted by molar-refractivity contribution is 6.30. The summed E-state index contributed by atoms with van der Waals surface area (Å²) in [5, 5.41) is 3.27. The number of amides is 2. The van der Waals surface area contributed by atoms with E-state index < -0.39 is 6.04 Å². The van der Waals surface area contributed by atoms with Crippen molar-refractivity contribution < 1.29 is 9.59 Å². The molecule has 5 nitrogen and oxygen atoms in total. The Morgan fingerprint density at radius 2 is 1.67 bits per heavy atom. The average molecular weight is 346 g/mol. The van der Waals surface area contributed by atoms with E-state index in [0.717, 1.165) is 5.56 Å². The maximum Gasteiger partial charge on any atom is 0.251 e. The van der Waals surface area contributed by atoms with Crippen molar-refractivity contribution in [3.05, 3.63) is 64.9 Å². The predicted octanol–water partition coefficient (Wildman–Crippen LogP) is 3.07. The summed E-state index contributed by atoms with van der Waals surface area (Å²) < 4.78 is 0. The van der Waals surface area contributed by atoms with Crippen molar-refractivity contribution in [2.75, 3.05) is 7.05 Å². The van der Waals surface area contributed by atoms with E-state index in [1.54, 1.807) is 55.5 Å². The first-order valence-electron chi connectivity index (χ1n) is 7.63. The summed E-state index contributed by atoms with van der Waals surface area (Å²) in [5.74, 6) is -0.473. The number of nitrogens with one attached hydrogen (secondary N) is 1. The fourth-order valence-electron chi connectivity index (χ4n) is 2.30. The third-order valence-electron chi connectivity index (χ3n) is 3.94. The maximum absolute atomic E-state index is 12.6. The van der Waals surface area contributed by atoms with Crippen molar-refractivity contribution in [1.29, 1.82) is 0 Å². The Labute approximate surface area is 146 Å². The number of carbonyl (C=O) groups excluding carboxylic acids is 2. The van der Waals surface area contributed by atoms with Crippen molar-refractivity contribution >= 4 is 23.4 Å². The molecule has 0 saturated heterocycles. The number of benzene rings is 1. The molecule has 2 amide bonds.